The van der Waals surface area contributed by atoms with Gasteiger partial charge in [-0.25, -0.2) is 4.79 Å². The summed E-state index contributed by atoms with van der Waals surface area (Å²) in [7, 11) is 0. The Morgan fingerprint density at radius 1 is 1.57 bits per heavy atom. The highest BCUT2D eigenvalue weighted by Gasteiger charge is 2.24. The van der Waals surface area contributed by atoms with Crippen LogP contribution in [0.15, 0.2) is 10.5 Å². The van der Waals surface area contributed by atoms with Crippen LogP contribution in [0.5, 0.6) is 11.5 Å². The molecule has 0 atom stereocenters. The Labute approximate surface area is 88.3 Å². The van der Waals surface area contributed by atoms with Crippen LogP contribution in [0.4, 0.5) is 0 Å². The number of phenols is 1. The van der Waals surface area contributed by atoms with E-state index < -0.39 is 5.97 Å². The fourth-order valence-electron chi connectivity index (χ4n) is 1.48. The highest BCUT2D eigenvalue weighted by molar-refractivity contribution is 9.10. The van der Waals surface area contributed by atoms with E-state index in [0.717, 1.165) is 0 Å². The van der Waals surface area contributed by atoms with Crippen molar-refractivity contribution in [2.75, 3.05) is 6.61 Å². The summed E-state index contributed by atoms with van der Waals surface area (Å²) in [6, 6.07) is 1.35. The van der Waals surface area contributed by atoms with Gasteiger partial charge in [0.05, 0.1) is 11.1 Å². The maximum absolute atomic E-state index is 10.8. The molecule has 0 amide bonds. The second-order valence-corrected chi connectivity index (χ2v) is 3.82. The molecule has 2 rings (SSSR count). The molecule has 0 saturated heterocycles. The molecular weight excluding hydrogens is 252 g/mol. The van der Waals surface area contributed by atoms with Crippen LogP contribution >= 0.6 is 15.9 Å². The van der Waals surface area contributed by atoms with Crippen molar-refractivity contribution in [2.24, 2.45) is 0 Å². The van der Waals surface area contributed by atoms with Gasteiger partial charge in [0, 0.05) is 12.0 Å². The van der Waals surface area contributed by atoms with Crippen LogP contribution in [0.2, 0.25) is 0 Å². The molecule has 0 spiro atoms. The van der Waals surface area contributed by atoms with E-state index in [1.165, 1.54) is 6.07 Å². The lowest BCUT2D eigenvalue weighted by Gasteiger charge is -2.06. The minimum atomic E-state index is -1.14. The Balaban J connectivity index is 2.68. The van der Waals surface area contributed by atoms with Gasteiger partial charge in [-0.1, -0.05) is 0 Å². The van der Waals surface area contributed by atoms with Gasteiger partial charge in [0.25, 0.3) is 0 Å². The summed E-state index contributed by atoms with van der Waals surface area (Å²) in [5, 5.41) is 18.4. The summed E-state index contributed by atoms with van der Waals surface area (Å²) in [5.74, 6) is -0.779. The number of ether oxygens (including phenoxy) is 1. The largest absolute Gasteiger partial charge is 0.507 e. The van der Waals surface area contributed by atoms with Crippen LogP contribution in [0.25, 0.3) is 0 Å². The molecule has 0 aliphatic carbocycles. The smallest absolute Gasteiger partial charge is 0.339 e. The van der Waals surface area contributed by atoms with E-state index in [1.807, 2.05) is 0 Å². The molecule has 2 N–H and O–H groups in total. The van der Waals surface area contributed by atoms with Gasteiger partial charge < -0.3 is 14.9 Å². The molecule has 14 heavy (non-hydrogen) atoms. The Morgan fingerprint density at radius 3 is 2.93 bits per heavy atom. The van der Waals surface area contributed by atoms with Crippen LogP contribution in [0, 0.1) is 0 Å². The maximum Gasteiger partial charge on any atom is 0.339 e. The number of aromatic hydroxyl groups is 1. The fourth-order valence-corrected chi connectivity index (χ4v) is 2.06. The second-order valence-electron chi connectivity index (χ2n) is 2.97. The second kappa shape index (κ2) is 3.16. The Kier molecular flexibility index (Phi) is 2.11. The zero-order valence-corrected chi connectivity index (χ0v) is 8.67. The number of hydrogen-bond donors (Lipinski definition) is 2. The first-order valence-corrected chi connectivity index (χ1v) is 4.81. The normalized spacial score (nSPS) is 13.5. The van der Waals surface area contributed by atoms with Crippen LogP contribution in [-0.4, -0.2) is 22.8 Å². The number of hydrogen-bond acceptors (Lipinski definition) is 3. The third-order valence-corrected chi connectivity index (χ3v) is 2.72. The molecule has 1 aliphatic rings. The molecule has 1 aliphatic heterocycles. The van der Waals surface area contributed by atoms with Gasteiger partial charge in [0.1, 0.15) is 17.1 Å². The molecule has 74 valence electrons. The van der Waals surface area contributed by atoms with Crippen molar-refractivity contribution in [3.8, 4) is 11.5 Å². The van der Waals surface area contributed by atoms with Gasteiger partial charge in [-0.3, -0.25) is 0 Å². The maximum atomic E-state index is 10.8. The van der Waals surface area contributed by atoms with E-state index in [4.69, 9.17) is 9.84 Å². The van der Waals surface area contributed by atoms with Crippen molar-refractivity contribution < 1.29 is 19.7 Å². The van der Waals surface area contributed by atoms with Gasteiger partial charge in [-0.05, 0) is 22.0 Å². The summed E-state index contributed by atoms with van der Waals surface area (Å²) < 4.78 is 5.81. The van der Waals surface area contributed by atoms with Crippen molar-refractivity contribution in [2.45, 2.75) is 6.42 Å². The van der Waals surface area contributed by atoms with Gasteiger partial charge in [-0.2, -0.15) is 0 Å². The summed E-state index contributed by atoms with van der Waals surface area (Å²) >= 11 is 3.20. The molecule has 0 fully saturated rings. The number of rotatable bonds is 1. The fraction of sp³-hybridized carbons (Fsp3) is 0.222. The molecule has 0 aromatic heterocycles. The summed E-state index contributed by atoms with van der Waals surface area (Å²) in [4.78, 5) is 10.8. The topological polar surface area (TPSA) is 66.8 Å². The van der Waals surface area contributed by atoms with Crippen LogP contribution in [0.3, 0.4) is 0 Å². The first kappa shape index (κ1) is 9.33. The van der Waals surface area contributed by atoms with Gasteiger partial charge >= 0.3 is 5.97 Å². The Hall–Kier alpha value is -1.23. The Bertz CT molecular complexity index is 414. The molecular formula is C9H7BrO4. The van der Waals surface area contributed by atoms with Gasteiger partial charge in [0.2, 0.25) is 0 Å². The zero-order valence-electron chi connectivity index (χ0n) is 7.08. The monoisotopic (exact) mass is 258 g/mol. The van der Waals surface area contributed by atoms with E-state index >= 15 is 0 Å². The molecule has 0 radical (unpaired) electrons. The predicted molar refractivity (Wildman–Crippen MR) is 52.0 cm³/mol. The number of halogens is 1. The van der Waals surface area contributed by atoms with E-state index in [0.29, 0.717) is 28.8 Å². The van der Waals surface area contributed by atoms with E-state index in [-0.39, 0.29) is 11.3 Å². The minimum Gasteiger partial charge on any atom is -0.507 e. The van der Waals surface area contributed by atoms with Crippen molar-refractivity contribution in [3.63, 3.8) is 0 Å². The summed E-state index contributed by atoms with van der Waals surface area (Å²) in [6.07, 6.45) is 0.543. The lowest BCUT2D eigenvalue weighted by molar-refractivity contribution is 0.0693. The summed E-state index contributed by atoms with van der Waals surface area (Å²) in [5.41, 5.74) is 0.470. The van der Waals surface area contributed by atoms with Crippen LogP contribution < -0.4 is 4.74 Å². The number of aromatic carboxylic acids is 1. The van der Waals surface area contributed by atoms with Crippen molar-refractivity contribution >= 4 is 21.9 Å². The first-order chi connectivity index (χ1) is 6.61. The highest BCUT2D eigenvalue weighted by Crippen LogP contribution is 2.41. The average Bonchev–Trinajstić information content (AvgIpc) is 2.59. The number of benzene rings is 1. The quantitative estimate of drug-likeness (QED) is 0.806. The number of carboxylic acid groups (broad SMARTS) is 1. The number of carbonyl (C=O) groups is 1. The number of fused-ring (bicyclic) bond motifs is 1. The lowest BCUT2D eigenvalue weighted by Crippen LogP contribution is -1.98. The molecule has 4 nitrogen and oxygen atoms in total. The SMILES string of the molecule is O=C(O)c1cc(Br)c2c(c1O)CCO2. The molecule has 0 unspecified atom stereocenters. The average molecular weight is 259 g/mol. The van der Waals surface area contributed by atoms with Crippen LogP contribution in [-0.2, 0) is 6.42 Å². The summed E-state index contributed by atoms with van der Waals surface area (Å²) in [6.45, 7) is 0.477. The highest BCUT2D eigenvalue weighted by atomic mass is 79.9. The number of carboxylic acids is 1. The standard InChI is InChI=1S/C9H7BrO4/c10-6-3-5(9(12)13)7(11)4-1-2-14-8(4)6/h3,11H,1-2H2,(H,12,13). The molecule has 1 heterocycles. The predicted octanol–water partition coefficient (Wildman–Crippen LogP) is 1.79. The van der Waals surface area contributed by atoms with Gasteiger partial charge in [0.15, 0.2) is 0 Å². The molecule has 1 aromatic rings. The van der Waals surface area contributed by atoms with E-state index in [9.17, 15) is 9.90 Å². The van der Waals surface area contributed by atoms with Crippen molar-refractivity contribution in [3.05, 3.63) is 21.7 Å². The zero-order chi connectivity index (χ0) is 10.3. The lowest BCUT2D eigenvalue weighted by atomic mass is 10.1. The third-order valence-electron chi connectivity index (χ3n) is 2.13. The van der Waals surface area contributed by atoms with Crippen LogP contribution in [0.1, 0.15) is 15.9 Å². The minimum absolute atomic E-state index is 0.0962. The van der Waals surface area contributed by atoms with Gasteiger partial charge in [-0.15, -0.1) is 0 Å². The molecule has 1 aromatic carbocycles. The molecule has 5 heteroatoms. The van der Waals surface area contributed by atoms with E-state index in [2.05, 4.69) is 15.9 Å². The third kappa shape index (κ3) is 1.24. The van der Waals surface area contributed by atoms with Crippen molar-refractivity contribution in [1.82, 2.24) is 0 Å². The first-order valence-electron chi connectivity index (χ1n) is 4.01. The van der Waals surface area contributed by atoms with Crippen molar-refractivity contribution in [1.29, 1.82) is 0 Å². The molecule has 0 saturated carbocycles. The molecule has 0 bridgehead atoms. The van der Waals surface area contributed by atoms with E-state index in [1.54, 1.807) is 0 Å². The Morgan fingerprint density at radius 2 is 2.29 bits per heavy atom.